The molecule has 1 N–H and O–H groups in total. The van der Waals surface area contributed by atoms with Crippen molar-refractivity contribution in [2.45, 2.75) is 13.1 Å². The van der Waals surface area contributed by atoms with Crippen LogP contribution in [-0.2, 0) is 17.9 Å². The van der Waals surface area contributed by atoms with Crippen molar-refractivity contribution in [3.63, 3.8) is 0 Å². The second-order valence-corrected chi connectivity index (χ2v) is 8.32. The van der Waals surface area contributed by atoms with Crippen molar-refractivity contribution in [3.05, 3.63) is 46.3 Å². The summed E-state index contributed by atoms with van der Waals surface area (Å²) in [6.07, 6.45) is 7.28. The zero-order chi connectivity index (χ0) is 18.4. The van der Waals surface area contributed by atoms with Crippen molar-refractivity contribution in [1.82, 2.24) is 29.4 Å². The zero-order valence-electron chi connectivity index (χ0n) is 14.3. The molecule has 0 saturated heterocycles. The lowest BCUT2D eigenvalue weighted by Crippen LogP contribution is -2.40. The lowest BCUT2D eigenvalue weighted by molar-refractivity contribution is -0.127. The quantitative estimate of drug-likeness (QED) is 0.651. The van der Waals surface area contributed by atoms with E-state index in [1.54, 1.807) is 18.1 Å². The number of hydrogen-bond acceptors (Lipinski definition) is 6. The first-order valence-electron chi connectivity index (χ1n) is 8.59. The highest BCUT2D eigenvalue weighted by Crippen LogP contribution is 2.30. The van der Waals surface area contributed by atoms with Crippen molar-refractivity contribution in [1.29, 1.82) is 0 Å². The molecule has 2 aliphatic rings. The Bertz CT molecular complexity index is 1060. The van der Waals surface area contributed by atoms with E-state index >= 15 is 0 Å². The largest absolute Gasteiger partial charge is 0.346 e. The molecule has 1 amide bonds. The summed E-state index contributed by atoms with van der Waals surface area (Å²) >= 11 is 5.00. The summed E-state index contributed by atoms with van der Waals surface area (Å²) in [5.41, 5.74) is 0.799. The molecule has 138 valence electrons. The van der Waals surface area contributed by atoms with E-state index in [1.807, 2.05) is 34.5 Å². The molecular formula is C17H16BrN7OS. The second kappa shape index (κ2) is 6.68. The molecule has 0 aliphatic carbocycles. The van der Waals surface area contributed by atoms with Gasteiger partial charge in [0, 0.05) is 44.0 Å². The van der Waals surface area contributed by atoms with Crippen LogP contribution in [0.4, 0.5) is 5.82 Å². The molecule has 0 saturated carbocycles. The number of H-pyrrole nitrogens is 1. The van der Waals surface area contributed by atoms with Crippen LogP contribution in [0, 0.1) is 0 Å². The fraction of sp³-hybridized carbons (Fsp3) is 0.294. The number of hydrogen-bond donors (Lipinski definition) is 1. The average Bonchev–Trinajstić information content (AvgIpc) is 3.31. The molecule has 0 atom stereocenters. The Hall–Kier alpha value is -2.33. The predicted octanol–water partition coefficient (Wildman–Crippen LogP) is 2.35. The number of fused-ring (bicyclic) bond motifs is 2. The van der Waals surface area contributed by atoms with Crippen LogP contribution in [0.1, 0.15) is 5.82 Å². The summed E-state index contributed by atoms with van der Waals surface area (Å²) in [4.78, 5) is 34.0. The van der Waals surface area contributed by atoms with Gasteiger partial charge < -0.3 is 19.4 Å². The molecule has 3 aromatic heterocycles. The van der Waals surface area contributed by atoms with E-state index in [1.165, 1.54) is 0 Å². The number of amides is 1. The zero-order valence-corrected chi connectivity index (χ0v) is 16.7. The lowest BCUT2D eigenvalue weighted by atomic mass is 10.3. The Morgan fingerprint density at radius 3 is 3.11 bits per heavy atom. The van der Waals surface area contributed by atoms with Crippen molar-refractivity contribution in [2.24, 2.45) is 0 Å². The first-order valence-corrected chi connectivity index (χ1v) is 10.4. The highest BCUT2D eigenvalue weighted by atomic mass is 79.9. The molecule has 5 rings (SSSR count). The fourth-order valence-electron chi connectivity index (χ4n) is 3.42. The standard InChI is InChI=1S/C17H16BrN7OS/c18-13-8-23-3-4-25(9-14(23)22-13)17(26)12-7-24(5-6-27-12)16-11-1-2-19-15(11)20-10-21-16/h1-2,7-8,10H,3-6,9H2,(H,19,20,21). The number of carbonyl (C=O) groups is 1. The summed E-state index contributed by atoms with van der Waals surface area (Å²) < 4.78 is 2.90. The number of imidazole rings is 1. The number of thioether (sulfide) groups is 1. The number of carbonyl (C=O) groups excluding carboxylic acids is 1. The van der Waals surface area contributed by atoms with Crippen LogP contribution in [0.2, 0.25) is 0 Å². The number of nitrogens with zero attached hydrogens (tertiary/aromatic N) is 6. The lowest BCUT2D eigenvalue weighted by Gasteiger charge is -2.31. The maximum absolute atomic E-state index is 13.1. The van der Waals surface area contributed by atoms with E-state index < -0.39 is 0 Å². The maximum Gasteiger partial charge on any atom is 0.262 e. The van der Waals surface area contributed by atoms with Crippen molar-refractivity contribution in [2.75, 3.05) is 23.7 Å². The van der Waals surface area contributed by atoms with Gasteiger partial charge in [0.05, 0.1) is 16.8 Å². The minimum absolute atomic E-state index is 0.0504. The molecule has 0 radical (unpaired) electrons. The van der Waals surface area contributed by atoms with E-state index in [4.69, 9.17) is 0 Å². The smallest absolute Gasteiger partial charge is 0.262 e. The molecule has 0 spiro atoms. The minimum Gasteiger partial charge on any atom is -0.346 e. The van der Waals surface area contributed by atoms with Crippen LogP contribution >= 0.6 is 27.7 Å². The SMILES string of the molecule is O=C(C1=CN(c2ncnc3[nH]ccc23)CCS1)N1CCn2cc(Br)nc2C1. The molecule has 8 nitrogen and oxygen atoms in total. The Morgan fingerprint density at radius 2 is 2.19 bits per heavy atom. The van der Waals surface area contributed by atoms with Crippen LogP contribution < -0.4 is 4.90 Å². The summed E-state index contributed by atoms with van der Waals surface area (Å²) in [5, 5.41) is 0.956. The molecule has 10 heteroatoms. The summed E-state index contributed by atoms with van der Waals surface area (Å²) in [7, 11) is 0. The summed E-state index contributed by atoms with van der Waals surface area (Å²) in [6.45, 7) is 2.77. The Kier molecular flexibility index (Phi) is 4.16. The number of halogens is 1. The molecule has 3 aromatic rings. The molecule has 0 unspecified atom stereocenters. The maximum atomic E-state index is 13.1. The summed E-state index contributed by atoms with van der Waals surface area (Å²) in [5.74, 6) is 2.62. The third-order valence-corrected chi connectivity index (χ3v) is 6.10. The number of anilines is 1. The Balaban J connectivity index is 1.41. The Morgan fingerprint density at radius 1 is 1.26 bits per heavy atom. The molecule has 0 aromatic carbocycles. The van der Waals surface area contributed by atoms with E-state index in [0.717, 1.165) is 51.0 Å². The van der Waals surface area contributed by atoms with Gasteiger partial charge in [-0.2, -0.15) is 0 Å². The molecule has 27 heavy (non-hydrogen) atoms. The number of rotatable bonds is 2. The first kappa shape index (κ1) is 16.8. The van der Waals surface area contributed by atoms with Gasteiger partial charge in [0.2, 0.25) is 0 Å². The van der Waals surface area contributed by atoms with Gasteiger partial charge in [-0.25, -0.2) is 15.0 Å². The average molecular weight is 446 g/mol. The minimum atomic E-state index is 0.0504. The first-order chi connectivity index (χ1) is 13.2. The van der Waals surface area contributed by atoms with Gasteiger partial charge in [0.15, 0.2) is 0 Å². The number of nitrogens with one attached hydrogen (secondary N) is 1. The highest BCUT2D eigenvalue weighted by molar-refractivity contribution is 9.10. The van der Waals surface area contributed by atoms with Gasteiger partial charge in [0.25, 0.3) is 5.91 Å². The van der Waals surface area contributed by atoms with E-state index in [9.17, 15) is 4.79 Å². The van der Waals surface area contributed by atoms with Gasteiger partial charge in [0.1, 0.15) is 28.2 Å². The van der Waals surface area contributed by atoms with Crippen molar-refractivity contribution < 1.29 is 4.79 Å². The van der Waals surface area contributed by atoms with Crippen molar-refractivity contribution >= 4 is 50.5 Å². The second-order valence-electron chi connectivity index (χ2n) is 6.37. The van der Waals surface area contributed by atoms with E-state index in [2.05, 4.69) is 40.4 Å². The van der Waals surface area contributed by atoms with Gasteiger partial charge in [-0.3, -0.25) is 4.79 Å². The van der Waals surface area contributed by atoms with Gasteiger partial charge in [-0.15, -0.1) is 11.8 Å². The van der Waals surface area contributed by atoms with Crippen LogP contribution in [0.15, 0.2) is 40.5 Å². The molecule has 5 heterocycles. The van der Waals surface area contributed by atoms with Crippen LogP contribution in [0.3, 0.4) is 0 Å². The molecule has 0 bridgehead atoms. The molecule has 2 aliphatic heterocycles. The normalized spacial score (nSPS) is 17.1. The van der Waals surface area contributed by atoms with Gasteiger partial charge in [-0.1, -0.05) is 0 Å². The monoisotopic (exact) mass is 445 g/mol. The van der Waals surface area contributed by atoms with Gasteiger partial charge in [-0.05, 0) is 22.0 Å². The predicted molar refractivity (Wildman–Crippen MR) is 107 cm³/mol. The van der Waals surface area contributed by atoms with E-state index in [0.29, 0.717) is 13.1 Å². The van der Waals surface area contributed by atoms with Crippen LogP contribution in [-0.4, -0.2) is 54.2 Å². The highest BCUT2D eigenvalue weighted by Gasteiger charge is 2.27. The molecular weight excluding hydrogens is 430 g/mol. The van der Waals surface area contributed by atoms with Crippen molar-refractivity contribution in [3.8, 4) is 0 Å². The van der Waals surface area contributed by atoms with Crippen LogP contribution in [0.25, 0.3) is 11.0 Å². The number of aromatic nitrogens is 5. The van der Waals surface area contributed by atoms with E-state index in [-0.39, 0.29) is 5.91 Å². The Labute approximate surface area is 167 Å². The third-order valence-electron chi connectivity index (χ3n) is 4.74. The number of aromatic amines is 1. The van der Waals surface area contributed by atoms with Gasteiger partial charge >= 0.3 is 0 Å². The fourth-order valence-corrected chi connectivity index (χ4v) is 4.83. The molecule has 0 fully saturated rings. The third kappa shape index (κ3) is 3.02. The summed E-state index contributed by atoms with van der Waals surface area (Å²) in [6, 6.07) is 1.96. The van der Waals surface area contributed by atoms with Crippen LogP contribution in [0.5, 0.6) is 0 Å². The topological polar surface area (TPSA) is 82.9 Å².